The van der Waals surface area contributed by atoms with E-state index in [1.54, 1.807) is 11.8 Å². The van der Waals surface area contributed by atoms with Crippen LogP contribution in [0.5, 0.6) is 0 Å². The predicted molar refractivity (Wildman–Crippen MR) is 123 cm³/mol. The van der Waals surface area contributed by atoms with Crippen molar-refractivity contribution < 1.29 is 14.3 Å². The Bertz CT molecular complexity index is 913. The zero-order valence-corrected chi connectivity index (χ0v) is 19.4. The van der Waals surface area contributed by atoms with Crippen LogP contribution < -0.4 is 10.6 Å². The molecule has 1 aliphatic carbocycles. The van der Waals surface area contributed by atoms with Gasteiger partial charge in [0.2, 0.25) is 5.91 Å². The maximum atomic E-state index is 12.6. The molecule has 2 amide bonds. The van der Waals surface area contributed by atoms with Crippen molar-refractivity contribution in [1.29, 1.82) is 0 Å². The van der Waals surface area contributed by atoms with Crippen molar-refractivity contribution in [2.45, 2.75) is 71.6 Å². The molecule has 3 aliphatic rings. The van der Waals surface area contributed by atoms with Gasteiger partial charge >= 0.3 is 6.09 Å². The highest BCUT2D eigenvalue weighted by atomic mass is 16.6. The zero-order valence-electron chi connectivity index (χ0n) is 19.4. The summed E-state index contributed by atoms with van der Waals surface area (Å²) in [5, 5.41) is 0. The first-order valence-corrected chi connectivity index (χ1v) is 11.4. The Hall–Kier alpha value is -2.34. The summed E-state index contributed by atoms with van der Waals surface area (Å²) in [6.07, 6.45) is 4.96. The molecule has 6 nitrogen and oxygen atoms in total. The molecule has 2 aliphatic heterocycles. The minimum Gasteiger partial charge on any atom is -0.444 e. The van der Waals surface area contributed by atoms with Gasteiger partial charge in [0.15, 0.2) is 0 Å². The van der Waals surface area contributed by atoms with Crippen LogP contribution in [0.1, 0.15) is 71.0 Å². The number of hydrogen-bond donors (Lipinski definition) is 1. The van der Waals surface area contributed by atoms with E-state index in [2.05, 4.69) is 31.2 Å². The molecule has 0 spiro atoms. The van der Waals surface area contributed by atoms with E-state index in [9.17, 15) is 9.59 Å². The van der Waals surface area contributed by atoms with Gasteiger partial charge in [0.25, 0.3) is 0 Å². The molecule has 6 heteroatoms. The van der Waals surface area contributed by atoms with Gasteiger partial charge in [-0.2, -0.15) is 0 Å². The third-order valence-electron chi connectivity index (χ3n) is 6.73. The summed E-state index contributed by atoms with van der Waals surface area (Å²) in [6.45, 7) is 10.6. The molecule has 0 unspecified atom stereocenters. The third-order valence-corrected chi connectivity index (χ3v) is 6.73. The first-order chi connectivity index (χ1) is 14.6. The van der Waals surface area contributed by atoms with E-state index >= 15 is 0 Å². The molecule has 0 saturated heterocycles. The standard InChI is InChI=1S/C25H35N3O3/c1-15-22(26)20-14-19(8-9-21(20)28(16(2)29)23(15)18-6-7-18)17-10-12-27(13-11-17)24(30)31-25(3,4)5/h8-10,14-15,18,22-23H,6-7,11-13,26H2,1-5H3/t15-,22-,23-/m1/s1. The van der Waals surface area contributed by atoms with E-state index in [0.717, 1.165) is 23.2 Å². The van der Waals surface area contributed by atoms with Gasteiger partial charge < -0.3 is 20.3 Å². The van der Waals surface area contributed by atoms with Crippen molar-refractivity contribution in [3.63, 3.8) is 0 Å². The van der Waals surface area contributed by atoms with Gasteiger partial charge in [-0.25, -0.2) is 4.79 Å². The van der Waals surface area contributed by atoms with E-state index < -0.39 is 5.60 Å². The average molecular weight is 426 g/mol. The number of carbonyl (C=O) groups excluding carboxylic acids is 2. The lowest BCUT2D eigenvalue weighted by molar-refractivity contribution is -0.117. The number of ether oxygens (including phenoxy) is 1. The van der Waals surface area contributed by atoms with Crippen molar-refractivity contribution in [2.24, 2.45) is 17.6 Å². The fourth-order valence-corrected chi connectivity index (χ4v) is 5.01. The minimum atomic E-state index is -0.493. The van der Waals surface area contributed by atoms with Crippen molar-refractivity contribution in [1.82, 2.24) is 4.90 Å². The largest absolute Gasteiger partial charge is 0.444 e. The van der Waals surface area contributed by atoms with Crippen LogP contribution in [0, 0.1) is 11.8 Å². The summed E-state index contributed by atoms with van der Waals surface area (Å²) in [5.41, 5.74) is 10.6. The maximum absolute atomic E-state index is 12.6. The summed E-state index contributed by atoms with van der Waals surface area (Å²) < 4.78 is 5.49. The quantitative estimate of drug-likeness (QED) is 0.757. The Morgan fingerprint density at radius 2 is 1.90 bits per heavy atom. The monoisotopic (exact) mass is 425 g/mol. The molecule has 31 heavy (non-hydrogen) atoms. The van der Waals surface area contributed by atoms with Gasteiger partial charge in [-0.15, -0.1) is 0 Å². The first-order valence-electron chi connectivity index (χ1n) is 11.4. The van der Waals surface area contributed by atoms with Crippen molar-refractivity contribution in [3.05, 3.63) is 35.4 Å². The van der Waals surface area contributed by atoms with Crippen molar-refractivity contribution >= 4 is 23.3 Å². The summed E-state index contributed by atoms with van der Waals surface area (Å²) in [6, 6.07) is 6.43. The van der Waals surface area contributed by atoms with E-state index in [-0.39, 0.29) is 30.0 Å². The van der Waals surface area contributed by atoms with Crippen LogP contribution in [-0.4, -0.2) is 41.6 Å². The summed E-state index contributed by atoms with van der Waals surface area (Å²) in [7, 11) is 0. The first kappa shape index (κ1) is 21.9. The second-order valence-corrected chi connectivity index (χ2v) is 10.3. The number of anilines is 1. The molecule has 1 fully saturated rings. The highest BCUT2D eigenvalue weighted by molar-refractivity contribution is 5.94. The summed E-state index contributed by atoms with van der Waals surface area (Å²) >= 11 is 0. The molecule has 1 aromatic rings. The van der Waals surface area contributed by atoms with Crippen LogP contribution >= 0.6 is 0 Å². The smallest absolute Gasteiger partial charge is 0.410 e. The van der Waals surface area contributed by atoms with Gasteiger partial charge in [-0.05, 0) is 80.7 Å². The van der Waals surface area contributed by atoms with Crippen LogP contribution in [0.3, 0.4) is 0 Å². The number of benzene rings is 1. The van der Waals surface area contributed by atoms with E-state index in [1.807, 2.05) is 25.7 Å². The average Bonchev–Trinajstić information content (AvgIpc) is 3.54. The minimum absolute atomic E-state index is 0.0846. The number of rotatable bonds is 2. The van der Waals surface area contributed by atoms with Crippen molar-refractivity contribution in [2.75, 3.05) is 18.0 Å². The van der Waals surface area contributed by atoms with Crippen molar-refractivity contribution in [3.8, 4) is 0 Å². The van der Waals surface area contributed by atoms with Crippen LogP contribution in [-0.2, 0) is 9.53 Å². The predicted octanol–water partition coefficient (Wildman–Crippen LogP) is 4.49. The number of carbonyl (C=O) groups is 2. The fraction of sp³-hybridized carbons (Fsp3) is 0.600. The van der Waals surface area contributed by atoms with Crippen LogP contribution in [0.2, 0.25) is 0 Å². The molecular formula is C25H35N3O3. The van der Waals surface area contributed by atoms with Gasteiger partial charge in [0.1, 0.15) is 5.60 Å². The molecule has 3 atom stereocenters. The van der Waals surface area contributed by atoms with Gasteiger partial charge in [0, 0.05) is 37.8 Å². The lowest BCUT2D eigenvalue weighted by Crippen LogP contribution is -2.51. The normalized spacial score (nSPS) is 26.3. The third kappa shape index (κ3) is 4.36. The fourth-order valence-electron chi connectivity index (χ4n) is 5.01. The topological polar surface area (TPSA) is 75.9 Å². The lowest BCUT2D eigenvalue weighted by Gasteiger charge is -2.44. The Morgan fingerprint density at radius 3 is 2.45 bits per heavy atom. The molecule has 2 heterocycles. The molecule has 168 valence electrons. The van der Waals surface area contributed by atoms with E-state index in [0.29, 0.717) is 19.0 Å². The number of amides is 2. The molecule has 0 radical (unpaired) electrons. The number of nitrogens with zero attached hydrogens (tertiary/aromatic N) is 2. The Morgan fingerprint density at radius 1 is 1.19 bits per heavy atom. The Balaban J connectivity index is 1.57. The Kier molecular flexibility index (Phi) is 5.63. The second-order valence-electron chi connectivity index (χ2n) is 10.3. The van der Waals surface area contributed by atoms with Crippen LogP contribution in [0.15, 0.2) is 24.3 Å². The molecule has 1 aromatic carbocycles. The molecule has 2 N–H and O–H groups in total. The second kappa shape index (κ2) is 7.97. The molecule has 4 rings (SSSR count). The van der Waals surface area contributed by atoms with Gasteiger partial charge in [-0.3, -0.25) is 4.79 Å². The molecule has 0 aromatic heterocycles. The zero-order chi connectivity index (χ0) is 22.5. The number of fused-ring (bicyclic) bond motifs is 1. The highest BCUT2D eigenvalue weighted by Gasteiger charge is 2.46. The summed E-state index contributed by atoms with van der Waals surface area (Å²) in [4.78, 5) is 28.6. The molecule has 0 bridgehead atoms. The van der Waals surface area contributed by atoms with E-state index in [1.165, 1.54) is 18.4 Å². The van der Waals surface area contributed by atoms with Gasteiger partial charge in [0.05, 0.1) is 0 Å². The molecular weight excluding hydrogens is 390 g/mol. The summed E-state index contributed by atoms with van der Waals surface area (Å²) in [5.74, 6) is 0.884. The van der Waals surface area contributed by atoms with Crippen LogP contribution in [0.25, 0.3) is 5.57 Å². The number of nitrogens with two attached hydrogens (primary N) is 1. The highest BCUT2D eigenvalue weighted by Crippen LogP contribution is 2.48. The maximum Gasteiger partial charge on any atom is 0.410 e. The van der Waals surface area contributed by atoms with Gasteiger partial charge in [-0.1, -0.05) is 19.1 Å². The lowest BCUT2D eigenvalue weighted by atomic mass is 9.79. The number of hydrogen-bond acceptors (Lipinski definition) is 4. The van der Waals surface area contributed by atoms with E-state index in [4.69, 9.17) is 10.5 Å². The molecule has 1 saturated carbocycles. The Labute approximate surface area is 185 Å². The SMILES string of the molecule is CC(=O)N1c2ccc(C3=CCN(C(=O)OC(C)(C)C)CC3)cc2[C@H](N)[C@@H](C)[C@@H]1C1CC1. The van der Waals surface area contributed by atoms with Crippen LogP contribution in [0.4, 0.5) is 10.5 Å².